The minimum Gasteiger partial charge on any atom is -1.00 e. The molecule has 180 valence electrons. The van der Waals surface area contributed by atoms with Gasteiger partial charge in [0.05, 0.1) is 23.5 Å². The smallest absolute Gasteiger partial charge is 0.391 e. The van der Waals surface area contributed by atoms with Crippen LogP contribution in [0.1, 0.15) is 5.69 Å². The van der Waals surface area contributed by atoms with E-state index in [1.165, 1.54) is 0 Å². The summed E-state index contributed by atoms with van der Waals surface area (Å²) in [6.45, 7) is 2.00. The van der Waals surface area contributed by atoms with Crippen molar-refractivity contribution in [2.75, 3.05) is 22.5 Å². The summed E-state index contributed by atoms with van der Waals surface area (Å²) in [5.41, 5.74) is 24.8. The summed E-state index contributed by atoms with van der Waals surface area (Å²) < 4.78 is 4.04. The number of hydrogen-bond donors (Lipinski definition) is 4. The molecule has 0 aliphatic heterocycles. The van der Waals surface area contributed by atoms with Gasteiger partial charge < -0.3 is 50.7 Å². The van der Waals surface area contributed by atoms with Gasteiger partial charge in [-0.2, -0.15) is 4.57 Å². The number of fused-ring (bicyclic) bond motifs is 3. The average Bonchev–Trinajstić information content (AvgIpc) is 2.79. The maximum Gasteiger partial charge on any atom is 0.391 e. The Morgan fingerprint density at radius 1 is 0.714 bits per heavy atom. The molecule has 7 nitrogen and oxygen atoms in total. The van der Waals surface area contributed by atoms with E-state index < -0.39 is 0 Å². The Bertz CT molecular complexity index is 1530. The van der Waals surface area contributed by atoms with Gasteiger partial charge >= 0.3 is 5.95 Å². The molecule has 0 atom stereocenters. The van der Waals surface area contributed by atoms with Crippen LogP contribution >= 0.6 is 0 Å². The van der Waals surface area contributed by atoms with Crippen LogP contribution in [0.15, 0.2) is 66.7 Å². The summed E-state index contributed by atoms with van der Waals surface area (Å²) in [7, 11) is 3.96. The topological polar surface area (TPSA) is 111 Å². The number of pyridine rings is 1. The number of hydrogen-bond acceptors (Lipinski definition) is 5. The maximum absolute atomic E-state index is 6.13. The van der Waals surface area contributed by atoms with E-state index in [-0.39, 0.29) is 34.0 Å². The number of rotatable bonds is 3. The van der Waals surface area contributed by atoms with Crippen LogP contribution in [0.4, 0.5) is 28.8 Å². The summed E-state index contributed by atoms with van der Waals surface area (Å²) in [5, 5.41) is 6.80. The lowest BCUT2D eigenvalue weighted by molar-refractivity contribution is -0.665. The molecule has 2 aromatic heterocycles. The second kappa shape index (κ2) is 10.1. The Kier molecular flexibility index (Phi) is 7.52. The molecular weight excluding hydrogens is 570 g/mol. The summed E-state index contributed by atoms with van der Waals surface area (Å²) in [6, 6.07) is 22.3. The fourth-order valence-electron chi connectivity index (χ4n) is 4.32. The van der Waals surface area contributed by atoms with E-state index >= 15 is 0 Å². The van der Waals surface area contributed by atoms with Crippen molar-refractivity contribution >= 4 is 50.5 Å². The lowest BCUT2D eigenvalue weighted by Gasteiger charge is -2.12. The summed E-state index contributed by atoms with van der Waals surface area (Å²) >= 11 is 0. The van der Waals surface area contributed by atoms with Crippen LogP contribution in [0.25, 0.3) is 32.9 Å². The van der Waals surface area contributed by atoms with Crippen molar-refractivity contribution in [3.05, 3.63) is 72.4 Å². The molecule has 5 rings (SSSR count). The fraction of sp³-hybridized carbons (Fsp3) is 0.115. The van der Waals surface area contributed by atoms with Gasteiger partial charge in [-0.1, -0.05) is 11.1 Å². The zero-order chi connectivity index (χ0) is 23.3. The van der Waals surface area contributed by atoms with Crippen molar-refractivity contribution in [1.29, 1.82) is 0 Å². The van der Waals surface area contributed by atoms with Crippen LogP contribution in [0.3, 0.4) is 0 Å². The minimum atomic E-state index is 0. The molecule has 35 heavy (non-hydrogen) atoms. The number of halogens is 2. The third-order valence-electron chi connectivity index (χ3n) is 6.19. The third kappa shape index (κ3) is 4.74. The quantitative estimate of drug-likeness (QED) is 0.105. The predicted octanol–water partition coefficient (Wildman–Crippen LogP) is -2.49. The number of nitrogens with zero attached hydrogens (tertiary/aromatic N) is 3. The molecule has 0 spiro atoms. The first-order valence-corrected chi connectivity index (χ1v) is 10.7. The number of benzene rings is 3. The van der Waals surface area contributed by atoms with Crippen molar-refractivity contribution < 1.29 is 43.1 Å². The zero-order valence-corrected chi connectivity index (χ0v) is 22.9. The number of nitrogen functional groups attached to an aromatic ring is 3. The van der Waals surface area contributed by atoms with Crippen molar-refractivity contribution in [1.82, 2.24) is 4.98 Å². The lowest BCUT2D eigenvalue weighted by Crippen LogP contribution is -3.00. The van der Waals surface area contributed by atoms with Crippen LogP contribution in [-0.2, 0) is 14.1 Å². The SMILES string of the molecule is Cc1cc(Nc2ccc3c(c2)c(-c2ccc(N)cc2)[n+](C)c2cc(N)ccc32)nc(N)[n+]1C.[Br-].[Br-]. The summed E-state index contributed by atoms with van der Waals surface area (Å²) in [5.74, 6) is 1.16. The molecule has 0 amide bonds. The van der Waals surface area contributed by atoms with Gasteiger partial charge in [0.1, 0.15) is 7.05 Å². The number of aryl methyl sites for hydroxylation is 2. The normalized spacial score (nSPS) is 10.6. The van der Waals surface area contributed by atoms with Gasteiger partial charge in [-0.3, -0.25) is 5.73 Å². The first kappa shape index (κ1) is 26.2. The lowest BCUT2D eigenvalue weighted by atomic mass is 9.98. The van der Waals surface area contributed by atoms with E-state index in [1.807, 2.05) is 61.0 Å². The van der Waals surface area contributed by atoms with E-state index in [0.29, 0.717) is 11.8 Å². The molecule has 0 radical (unpaired) electrons. The highest BCUT2D eigenvalue weighted by Crippen LogP contribution is 2.34. The molecule has 2 heterocycles. The Morgan fingerprint density at radius 2 is 1.37 bits per heavy atom. The largest absolute Gasteiger partial charge is 1.00 e. The van der Waals surface area contributed by atoms with Gasteiger partial charge in [0.25, 0.3) is 0 Å². The standard InChI is InChI=1S/C26H25N7.2BrH/c1-15-12-24(31-26(29)32(15)2)30-19-9-11-20-21-10-8-18(28)13-23(21)33(3)25(22(20)14-19)16-4-6-17(27)7-5-16;;/h4-14H,1-3H3,(H5,27,28,29,30,31);2*1H. The highest BCUT2D eigenvalue weighted by molar-refractivity contribution is 6.10. The molecule has 0 aliphatic carbocycles. The van der Waals surface area contributed by atoms with Crippen LogP contribution in [-0.4, -0.2) is 4.98 Å². The molecular formula is C26H27Br2N7. The van der Waals surface area contributed by atoms with Crippen molar-refractivity contribution in [2.45, 2.75) is 6.92 Å². The number of aromatic nitrogens is 3. The minimum absolute atomic E-state index is 0. The molecule has 0 saturated carbocycles. The maximum atomic E-state index is 6.13. The Morgan fingerprint density at radius 3 is 2.06 bits per heavy atom. The monoisotopic (exact) mass is 595 g/mol. The first-order valence-electron chi connectivity index (χ1n) is 10.7. The van der Waals surface area contributed by atoms with Crippen LogP contribution in [0, 0.1) is 6.92 Å². The Balaban J connectivity index is 0.00000171. The third-order valence-corrected chi connectivity index (χ3v) is 6.19. The van der Waals surface area contributed by atoms with E-state index in [1.54, 1.807) is 0 Å². The summed E-state index contributed by atoms with van der Waals surface area (Å²) in [6.07, 6.45) is 0. The highest BCUT2D eigenvalue weighted by atomic mass is 79.9. The van der Waals surface area contributed by atoms with Crippen molar-refractivity contribution in [3.63, 3.8) is 0 Å². The molecule has 0 unspecified atom stereocenters. The Hall–Kier alpha value is -3.43. The molecule has 0 bridgehead atoms. The fourth-order valence-corrected chi connectivity index (χ4v) is 4.32. The second-order valence-electron chi connectivity index (χ2n) is 8.39. The van der Waals surface area contributed by atoms with Gasteiger partial charge in [0, 0.05) is 40.1 Å². The Labute approximate surface area is 225 Å². The number of nitrogens with one attached hydrogen (secondary N) is 1. The van der Waals surface area contributed by atoms with E-state index in [0.717, 1.165) is 55.7 Å². The molecule has 9 heteroatoms. The molecule has 0 aliphatic rings. The van der Waals surface area contributed by atoms with Gasteiger partial charge in [0.15, 0.2) is 0 Å². The van der Waals surface area contributed by atoms with Crippen LogP contribution in [0.5, 0.6) is 0 Å². The van der Waals surface area contributed by atoms with E-state index in [4.69, 9.17) is 17.2 Å². The van der Waals surface area contributed by atoms with Gasteiger partial charge in [-0.15, -0.1) is 0 Å². The van der Waals surface area contributed by atoms with E-state index in [2.05, 4.69) is 46.2 Å². The average molecular weight is 597 g/mol. The molecule has 5 aromatic rings. The molecule has 0 fully saturated rings. The van der Waals surface area contributed by atoms with E-state index in [9.17, 15) is 0 Å². The van der Waals surface area contributed by atoms with Gasteiger partial charge in [-0.25, -0.2) is 4.57 Å². The highest BCUT2D eigenvalue weighted by Gasteiger charge is 2.21. The summed E-state index contributed by atoms with van der Waals surface area (Å²) in [4.78, 5) is 4.47. The molecule has 7 N–H and O–H groups in total. The molecule has 0 saturated heterocycles. The zero-order valence-electron chi connectivity index (χ0n) is 19.7. The van der Waals surface area contributed by atoms with Gasteiger partial charge in [0.2, 0.25) is 17.0 Å². The number of anilines is 5. The van der Waals surface area contributed by atoms with Gasteiger partial charge in [-0.05, 0) is 55.5 Å². The van der Waals surface area contributed by atoms with Crippen molar-refractivity contribution in [3.8, 4) is 11.3 Å². The second-order valence-corrected chi connectivity index (χ2v) is 8.39. The first-order chi connectivity index (χ1) is 15.8. The number of nitrogens with two attached hydrogens (primary N) is 3. The molecule has 3 aromatic carbocycles. The van der Waals surface area contributed by atoms with Crippen LogP contribution in [0.2, 0.25) is 0 Å². The van der Waals surface area contributed by atoms with Crippen LogP contribution < -0.4 is 65.6 Å². The predicted molar refractivity (Wildman–Crippen MR) is 135 cm³/mol. The van der Waals surface area contributed by atoms with Crippen molar-refractivity contribution in [2.24, 2.45) is 14.1 Å².